The van der Waals surface area contributed by atoms with Gasteiger partial charge in [-0.2, -0.15) is 0 Å². The molecule has 1 aromatic heterocycles. The van der Waals surface area contributed by atoms with Crippen LogP contribution in [0.15, 0.2) is 12.3 Å². The Bertz CT molecular complexity index is 815. The summed E-state index contributed by atoms with van der Waals surface area (Å²) in [5.74, 6) is 4.74. The Morgan fingerprint density at radius 2 is 1.76 bits per heavy atom. The highest BCUT2D eigenvalue weighted by Crippen LogP contribution is 2.36. The number of anilines is 1. The van der Waals surface area contributed by atoms with Crippen molar-refractivity contribution in [2.45, 2.75) is 76.7 Å². The summed E-state index contributed by atoms with van der Waals surface area (Å²) in [5.41, 5.74) is 1.30. The third-order valence-electron chi connectivity index (χ3n) is 8.95. The van der Waals surface area contributed by atoms with Gasteiger partial charge in [0.15, 0.2) is 0 Å². The van der Waals surface area contributed by atoms with E-state index in [9.17, 15) is 4.79 Å². The lowest BCUT2D eigenvalue weighted by Gasteiger charge is -2.37. The molecule has 0 bridgehead atoms. The Morgan fingerprint density at radius 1 is 1.03 bits per heavy atom. The van der Waals surface area contributed by atoms with Crippen molar-refractivity contribution in [3.8, 4) is 5.75 Å². The molecule has 0 spiro atoms. The molecule has 3 heterocycles. The van der Waals surface area contributed by atoms with Gasteiger partial charge in [-0.25, -0.2) is 4.98 Å². The van der Waals surface area contributed by atoms with Crippen LogP contribution in [0, 0.1) is 17.8 Å². The lowest BCUT2D eigenvalue weighted by Crippen LogP contribution is -2.47. The van der Waals surface area contributed by atoms with E-state index in [1.165, 1.54) is 50.6 Å². The number of fused-ring (bicyclic) bond motifs is 1. The van der Waals surface area contributed by atoms with Gasteiger partial charge >= 0.3 is 0 Å². The van der Waals surface area contributed by atoms with Crippen molar-refractivity contribution in [2.75, 3.05) is 51.3 Å². The quantitative estimate of drug-likeness (QED) is 0.531. The van der Waals surface area contributed by atoms with Crippen molar-refractivity contribution >= 4 is 11.6 Å². The molecule has 0 aromatic carbocycles. The molecule has 1 aromatic rings. The van der Waals surface area contributed by atoms with Crippen molar-refractivity contribution in [1.82, 2.24) is 9.88 Å². The van der Waals surface area contributed by atoms with Crippen LogP contribution in [-0.4, -0.2) is 68.2 Å². The number of hydrogen-bond acceptors (Lipinski definition) is 6. The summed E-state index contributed by atoms with van der Waals surface area (Å²) >= 11 is 0. The van der Waals surface area contributed by atoms with E-state index >= 15 is 0 Å². The Labute approximate surface area is 205 Å². The number of nitrogens with zero attached hydrogens (tertiary/aromatic N) is 3. The van der Waals surface area contributed by atoms with Crippen LogP contribution in [0.2, 0.25) is 0 Å². The topological polar surface area (TPSA) is 54.9 Å². The SMILES string of the molecule is CO[C@H]1CC[C@H](CC(=O)CC2CCC(CCN3CCN(c4nccc5c4CCO5)CC3)CC2)C1. The smallest absolute Gasteiger partial charge is 0.135 e. The third-order valence-corrected chi connectivity index (χ3v) is 8.95. The van der Waals surface area contributed by atoms with Gasteiger partial charge in [0.1, 0.15) is 17.4 Å². The highest BCUT2D eigenvalue weighted by Gasteiger charge is 2.29. The zero-order valence-electron chi connectivity index (χ0n) is 21.1. The van der Waals surface area contributed by atoms with E-state index < -0.39 is 0 Å². The average Bonchev–Trinajstić information content (AvgIpc) is 3.53. The first-order chi connectivity index (χ1) is 16.7. The van der Waals surface area contributed by atoms with Gasteiger partial charge < -0.3 is 14.4 Å². The molecule has 2 atom stereocenters. The molecule has 5 rings (SSSR count). The number of rotatable bonds is 9. The molecule has 2 aliphatic heterocycles. The van der Waals surface area contributed by atoms with Gasteiger partial charge in [-0.3, -0.25) is 9.69 Å². The van der Waals surface area contributed by atoms with Gasteiger partial charge in [0.25, 0.3) is 0 Å². The monoisotopic (exact) mass is 469 g/mol. The highest BCUT2D eigenvalue weighted by atomic mass is 16.5. The number of piperazine rings is 1. The minimum Gasteiger partial charge on any atom is -0.493 e. The number of hydrogen-bond donors (Lipinski definition) is 0. The zero-order chi connectivity index (χ0) is 23.3. The predicted molar refractivity (Wildman–Crippen MR) is 135 cm³/mol. The van der Waals surface area contributed by atoms with E-state index in [0.29, 0.717) is 23.7 Å². The standard InChI is InChI=1S/C28H43N3O3/c1-33-25-7-6-23(20-25)19-24(32)18-22-4-2-21(3-5-22)9-12-30-13-15-31(16-14-30)28-26-10-17-34-27(26)8-11-29-28/h8,11,21-23,25H,2-7,9-10,12-20H2,1H3/t21?,22?,23-,25+/m1/s1. The van der Waals surface area contributed by atoms with Crippen molar-refractivity contribution in [2.24, 2.45) is 17.8 Å². The van der Waals surface area contributed by atoms with Crippen LogP contribution >= 0.6 is 0 Å². The number of ether oxygens (including phenoxy) is 2. The van der Waals surface area contributed by atoms with Gasteiger partial charge in [-0.15, -0.1) is 0 Å². The fourth-order valence-electron chi connectivity index (χ4n) is 6.80. The molecule has 2 saturated carbocycles. The number of aromatic nitrogens is 1. The molecule has 2 aliphatic carbocycles. The second-order valence-electron chi connectivity index (χ2n) is 11.2. The zero-order valence-corrected chi connectivity index (χ0v) is 21.1. The summed E-state index contributed by atoms with van der Waals surface area (Å²) in [6.07, 6.45) is 14.7. The van der Waals surface area contributed by atoms with E-state index in [1.54, 1.807) is 7.11 Å². The second kappa shape index (κ2) is 11.4. The molecule has 6 heteroatoms. The van der Waals surface area contributed by atoms with E-state index in [1.807, 2.05) is 12.3 Å². The molecule has 4 aliphatic rings. The van der Waals surface area contributed by atoms with Crippen LogP contribution in [0.5, 0.6) is 5.75 Å². The first kappa shape index (κ1) is 24.1. The van der Waals surface area contributed by atoms with Gasteiger partial charge in [-0.05, 0) is 68.9 Å². The van der Waals surface area contributed by atoms with Crippen molar-refractivity contribution in [3.05, 3.63) is 17.8 Å². The largest absolute Gasteiger partial charge is 0.493 e. The normalized spacial score (nSPS) is 29.7. The molecular weight excluding hydrogens is 426 g/mol. The van der Waals surface area contributed by atoms with Crippen LogP contribution in [0.3, 0.4) is 0 Å². The summed E-state index contributed by atoms with van der Waals surface area (Å²) < 4.78 is 11.2. The van der Waals surface area contributed by atoms with Gasteiger partial charge in [0.2, 0.25) is 0 Å². The Balaban J connectivity index is 0.973. The van der Waals surface area contributed by atoms with Crippen LogP contribution in [-0.2, 0) is 16.0 Å². The Morgan fingerprint density at radius 3 is 2.53 bits per heavy atom. The average molecular weight is 470 g/mol. The third kappa shape index (κ3) is 5.93. The molecule has 0 radical (unpaired) electrons. The Hall–Kier alpha value is -1.66. The number of Topliss-reactive ketones (excluding diaryl/α,β-unsaturated/α-hetero) is 1. The van der Waals surface area contributed by atoms with E-state index in [2.05, 4.69) is 14.8 Å². The van der Waals surface area contributed by atoms with Crippen LogP contribution in [0.4, 0.5) is 5.82 Å². The molecule has 3 fully saturated rings. The van der Waals surface area contributed by atoms with E-state index in [-0.39, 0.29) is 0 Å². The molecule has 34 heavy (non-hydrogen) atoms. The second-order valence-corrected chi connectivity index (χ2v) is 11.2. The minimum atomic E-state index is 0.390. The summed E-state index contributed by atoms with van der Waals surface area (Å²) in [5, 5.41) is 0. The summed E-state index contributed by atoms with van der Waals surface area (Å²) in [7, 11) is 1.80. The van der Waals surface area contributed by atoms with E-state index in [4.69, 9.17) is 9.47 Å². The molecule has 0 unspecified atom stereocenters. The predicted octanol–water partition coefficient (Wildman–Crippen LogP) is 4.50. The molecule has 6 nitrogen and oxygen atoms in total. The maximum Gasteiger partial charge on any atom is 0.135 e. The summed E-state index contributed by atoms with van der Waals surface area (Å²) in [4.78, 5) is 22.4. The summed E-state index contributed by atoms with van der Waals surface area (Å²) in [6, 6.07) is 2.00. The molecular formula is C28H43N3O3. The maximum absolute atomic E-state index is 12.6. The lowest BCUT2D eigenvalue weighted by atomic mass is 9.78. The summed E-state index contributed by atoms with van der Waals surface area (Å²) in [6.45, 7) is 6.38. The van der Waals surface area contributed by atoms with E-state index in [0.717, 1.165) is 82.4 Å². The fourth-order valence-corrected chi connectivity index (χ4v) is 6.80. The molecule has 1 saturated heterocycles. The minimum absolute atomic E-state index is 0.390. The van der Waals surface area contributed by atoms with Crippen LogP contribution in [0.25, 0.3) is 0 Å². The molecule has 188 valence electrons. The number of methoxy groups -OCH3 is 1. The number of pyridine rings is 1. The van der Waals surface area contributed by atoms with Crippen molar-refractivity contribution < 1.29 is 14.3 Å². The fraction of sp³-hybridized carbons (Fsp3) is 0.786. The Kier molecular flexibility index (Phi) is 8.05. The maximum atomic E-state index is 12.6. The first-order valence-corrected chi connectivity index (χ1v) is 13.8. The number of ketones is 1. The van der Waals surface area contributed by atoms with Crippen molar-refractivity contribution in [3.63, 3.8) is 0 Å². The number of carbonyl (C=O) groups excluding carboxylic acids is 1. The van der Waals surface area contributed by atoms with Gasteiger partial charge in [-0.1, -0.05) is 12.8 Å². The van der Waals surface area contributed by atoms with Crippen LogP contribution < -0.4 is 9.64 Å². The van der Waals surface area contributed by atoms with Gasteiger partial charge in [0.05, 0.1) is 12.7 Å². The van der Waals surface area contributed by atoms with Crippen LogP contribution in [0.1, 0.15) is 69.8 Å². The van der Waals surface area contributed by atoms with Gasteiger partial charge in [0, 0.05) is 64.3 Å². The molecule has 0 N–H and O–H groups in total. The van der Waals surface area contributed by atoms with Crippen molar-refractivity contribution in [1.29, 1.82) is 0 Å². The first-order valence-electron chi connectivity index (χ1n) is 13.8. The number of carbonyl (C=O) groups is 1. The molecule has 0 amide bonds. The highest BCUT2D eigenvalue weighted by molar-refractivity contribution is 5.78. The lowest BCUT2D eigenvalue weighted by molar-refractivity contribution is -0.121.